The van der Waals surface area contributed by atoms with Crippen molar-refractivity contribution >= 4 is 22.4 Å². The number of nitrogens with zero attached hydrogens (tertiary/aromatic N) is 6. The molecule has 1 saturated heterocycles. The summed E-state index contributed by atoms with van der Waals surface area (Å²) in [5.41, 5.74) is 8.29. The number of anilines is 1. The van der Waals surface area contributed by atoms with E-state index in [2.05, 4.69) is 20.2 Å². The van der Waals surface area contributed by atoms with E-state index in [4.69, 9.17) is 5.53 Å². The van der Waals surface area contributed by atoms with Crippen molar-refractivity contribution in [2.75, 3.05) is 18.0 Å². The lowest BCUT2D eigenvalue weighted by molar-refractivity contribution is -0.117. The van der Waals surface area contributed by atoms with Crippen LogP contribution in [0.25, 0.3) is 10.4 Å². The molecule has 1 atom stereocenters. The van der Waals surface area contributed by atoms with Gasteiger partial charge in [-0.05, 0) is 24.3 Å². The van der Waals surface area contributed by atoms with Crippen molar-refractivity contribution in [3.63, 3.8) is 0 Å². The predicted molar refractivity (Wildman–Crippen MR) is 66.4 cm³/mol. The van der Waals surface area contributed by atoms with Gasteiger partial charge >= 0.3 is 0 Å². The Kier molecular flexibility index (Phi) is 2.89. The van der Waals surface area contributed by atoms with Crippen molar-refractivity contribution in [2.45, 2.75) is 25.2 Å². The second-order valence-electron chi connectivity index (χ2n) is 4.69. The lowest BCUT2D eigenvalue weighted by atomic mass is 10.1. The Labute approximate surface area is 107 Å². The maximum Gasteiger partial charge on any atom is 0.229 e. The van der Waals surface area contributed by atoms with E-state index in [1.807, 2.05) is 0 Å². The van der Waals surface area contributed by atoms with Gasteiger partial charge < -0.3 is 0 Å². The summed E-state index contributed by atoms with van der Waals surface area (Å²) in [6.45, 7) is 0.949. The van der Waals surface area contributed by atoms with Crippen molar-refractivity contribution in [2.24, 2.45) is 11.0 Å². The fourth-order valence-electron chi connectivity index (χ4n) is 2.07. The highest BCUT2D eigenvalue weighted by Crippen LogP contribution is 2.43. The van der Waals surface area contributed by atoms with E-state index in [-0.39, 0.29) is 11.8 Å². The van der Waals surface area contributed by atoms with Gasteiger partial charge in [0.05, 0.1) is 0 Å². The molecule has 1 unspecified atom stereocenters. The molecule has 2 fully saturated rings. The first-order valence-electron chi connectivity index (χ1n) is 5.92. The van der Waals surface area contributed by atoms with Crippen molar-refractivity contribution < 1.29 is 4.79 Å². The zero-order chi connectivity index (χ0) is 12.5. The van der Waals surface area contributed by atoms with E-state index in [0.29, 0.717) is 30.6 Å². The average Bonchev–Trinajstić information content (AvgIpc) is 2.98. The van der Waals surface area contributed by atoms with Crippen LogP contribution >= 0.6 is 11.3 Å². The number of amides is 1. The second kappa shape index (κ2) is 4.55. The summed E-state index contributed by atoms with van der Waals surface area (Å²) < 4.78 is 0. The van der Waals surface area contributed by atoms with Crippen LogP contribution in [0.1, 0.15) is 30.2 Å². The van der Waals surface area contributed by atoms with Gasteiger partial charge in [0.15, 0.2) is 0 Å². The third-order valence-corrected chi connectivity index (χ3v) is 4.30. The van der Waals surface area contributed by atoms with E-state index in [1.54, 1.807) is 4.90 Å². The Bertz CT molecular complexity index is 518. The van der Waals surface area contributed by atoms with E-state index in [1.165, 1.54) is 24.2 Å². The normalized spacial score (nSPS) is 23.2. The number of azide groups is 1. The maximum atomic E-state index is 11.9. The molecule has 8 heteroatoms. The third-order valence-electron chi connectivity index (χ3n) is 3.20. The lowest BCUT2D eigenvalue weighted by Gasteiger charge is -2.10. The molecule has 1 aliphatic carbocycles. The molecule has 2 aliphatic rings. The molecule has 1 saturated carbocycles. The minimum Gasteiger partial charge on any atom is -0.286 e. The molecule has 0 bridgehead atoms. The SMILES string of the molecule is [N-]=[N+]=NCC1CC(=O)N(c2nnc(C3CC3)s2)C1. The van der Waals surface area contributed by atoms with E-state index in [9.17, 15) is 4.79 Å². The van der Waals surface area contributed by atoms with Gasteiger partial charge in [0.25, 0.3) is 0 Å². The van der Waals surface area contributed by atoms with Crippen LogP contribution in [-0.4, -0.2) is 29.2 Å². The summed E-state index contributed by atoms with van der Waals surface area (Å²) in [5, 5.41) is 13.5. The molecule has 1 aliphatic heterocycles. The van der Waals surface area contributed by atoms with Crippen LogP contribution in [-0.2, 0) is 4.79 Å². The highest BCUT2D eigenvalue weighted by molar-refractivity contribution is 7.15. The largest absolute Gasteiger partial charge is 0.286 e. The summed E-state index contributed by atoms with van der Waals surface area (Å²) in [6, 6.07) is 0. The van der Waals surface area contributed by atoms with Crippen LogP contribution < -0.4 is 4.90 Å². The molecule has 0 N–H and O–H groups in total. The van der Waals surface area contributed by atoms with Gasteiger partial charge in [-0.2, -0.15) is 0 Å². The summed E-state index contributed by atoms with van der Waals surface area (Å²) in [7, 11) is 0. The van der Waals surface area contributed by atoms with Crippen LogP contribution in [0.15, 0.2) is 5.11 Å². The highest BCUT2D eigenvalue weighted by Gasteiger charge is 2.34. The average molecular weight is 264 g/mol. The molecular formula is C10H12N6OS. The van der Waals surface area contributed by atoms with Crippen molar-refractivity contribution in [1.29, 1.82) is 0 Å². The van der Waals surface area contributed by atoms with Crippen LogP contribution in [0.2, 0.25) is 0 Å². The van der Waals surface area contributed by atoms with Crippen LogP contribution in [0.4, 0.5) is 5.13 Å². The van der Waals surface area contributed by atoms with Crippen molar-refractivity contribution in [1.82, 2.24) is 10.2 Å². The molecule has 7 nitrogen and oxygen atoms in total. The number of aromatic nitrogens is 2. The Morgan fingerprint density at radius 1 is 1.50 bits per heavy atom. The van der Waals surface area contributed by atoms with Gasteiger partial charge in [0.1, 0.15) is 5.01 Å². The molecule has 1 amide bonds. The molecule has 0 radical (unpaired) electrons. The first-order chi connectivity index (χ1) is 8.78. The van der Waals surface area contributed by atoms with Gasteiger partial charge in [-0.15, -0.1) is 10.2 Å². The van der Waals surface area contributed by atoms with Gasteiger partial charge in [-0.3, -0.25) is 9.69 Å². The summed E-state index contributed by atoms with van der Waals surface area (Å²) in [5.74, 6) is 0.709. The molecule has 2 heterocycles. The Morgan fingerprint density at radius 3 is 3.06 bits per heavy atom. The molecule has 18 heavy (non-hydrogen) atoms. The van der Waals surface area contributed by atoms with E-state index >= 15 is 0 Å². The second-order valence-corrected chi connectivity index (χ2v) is 5.67. The molecule has 1 aromatic heterocycles. The van der Waals surface area contributed by atoms with Crippen molar-refractivity contribution in [3.8, 4) is 0 Å². The molecule has 0 spiro atoms. The monoisotopic (exact) mass is 264 g/mol. The Hall–Kier alpha value is -1.66. The maximum absolute atomic E-state index is 11.9. The smallest absolute Gasteiger partial charge is 0.229 e. The molecule has 3 rings (SSSR count). The van der Waals surface area contributed by atoms with Gasteiger partial charge in [0.2, 0.25) is 11.0 Å². The van der Waals surface area contributed by atoms with Gasteiger partial charge in [0, 0.05) is 30.3 Å². The van der Waals surface area contributed by atoms with Crippen molar-refractivity contribution in [3.05, 3.63) is 15.5 Å². The van der Waals surface area contributed by atoms with Crippen LogP contribution in [0.5, 0.6) is 0 Å². The van der Waals surface area contributed by atoms with E-state index < -0.39 is 0 Å². The van der Waals surface area contributed by atoms with Crippen LogP contribution in [0.3, 0.4) is 0 Å². The summed E-state index contributed by atoms with van der Waals surface area (Å²) in [6.07, 6.45) is 2.79. The van der Waals surface area contributed by atoms with E-state index in [0.717, 1.165) is 5.01 Å². The number of hydrogen-bond acceptors (Lipinski definition) is 5. The fourth-order valence-corrected chi connectivity index (χ4v) is 3.11. The molecule has 94 valence electrons. The molecular weight excluding hydrogens is 252 g/mol. The highest BCUT2D eigenvalue weighted by atomic mass is 32.1. The standard InChI is InChI=1S/C10H12N6OS/c11-15-12-4-6-3-8(17)16(5-6)10-14-13-9(18-10)7-1-2-7/h6-7H,1-5H2. The number of carbonyl (C=O) groups is 1. The quantitative estimate of drug-likeness (QED) is 0.473. The first kappa shape index (κ1) is 11.4. The Balaban J connectivity index is 1.71. The number of hydrogen-bond donors (Lipinski definition) is 0. The fraction of sp³-hybridized carbons (Fsp3) is 0.700. The van der Waals surface area contributed by atoms with Gasteiger partial charge in [-0.1, -0.05) is 16.5 Å². The summed E-state index contributed by atoms with van der Waals surface area (Å²) >= 11 is 1.51. The molecule has 0 aromatic carbocycles. The first-order valence-corrected chi connectivity index (χ1v) is 6.74. The topological polar surface area (TPSA) is 94.9 Å². The zero-order valence-corrected chi connectivity index (χ0v) is 10.5. The lowest BCUT2D eigenvalue weighted by Crippen LogP contribution is -2.24. The summed E-state index contributed by atoms with van der Waals surface area (Å²) in [4.78, 5) is 16.3. The predicted octanol–water partition coefficient (Wildman–Crippen LogP) is 2.08. The zero-order valence-electron chi connectivity index (χ0n) is 9.69. The molecule has 1 aromatic rings. The minimum atomic E-state index is 0.0478. The van der Waals surface area contributed by atoms with Crippen LogP contribution in [0, 0.1) is 5.92 Å². The Morgan fingerprint density at radius 2 is 2.33 bits per heavy atom. The number of carbonyl (C=O) groups excluding carboxylic acids is 1. The third kappa shape index (κ3) is 2.16. The van der Waals surface area contributed by atoms with Gasteiger partial charge in [-0.25, -0.2) is 0 Å². The number of rotatable bonds is 4. The minimum absolute atomic E-state index is 0.0478.